The number of nitrogens with zero attached hydrogens (tertiary/aromatic N) is 4. The number of piperidine rings is 1. The van der Waals surface area contributed by atoms with Gasteiger partial charge in [-0.25, -0.2) is 14.2 Å². The van der Waals surface area contributed by atoms with Gasteiger partial charge in [-0.1, -0.05) is 6.07 Å². The topological polar surface area (TPSA) is 98.4 Å². The largest absolute Gasteiger partial charge is 0.490 e. The number of fused-ring (bicyclic) bond motifs is 10. The number of carboxylic acid groups (broad SMARTS) is 1. The Kier molecular flexibility index (Phi) is 9.51. The number of halogens is 1. The molecule has 2 aromatic heterocycles. The average Bonchev–Trinajstić information content (AvgIpc) is 3.34. The van der Waals surface area contributed by atoms with Crippen LogP contribution in [0.4, 0.5) is 10.2 Å². The van der Waals surface area contributed by atoms with E-state index in [1.807, 2.05) is 46.8 Å². The highest BCUT2D eigenvalue weighted by Crippen LogP contribution is 2.38. The van der Waals surface area contributed by atoms with E-state index in [9.17, 15) is 14.3 Å². The zero-order valence-corrected chi connectivity index (χ0v) is 27.0. The molecule has 240 valence electrons. The van der Waals surface area contributed by atoms with Crippen molar-refractivity contribution in [3.8, 4) is 5.75 Å². The third-order valence-electron chi connectivity index (χ3n) is 8.63. The van der Waals surface area contributed by atoms with Crippen LogP contribution in [0.3, 0.4) is 0 Å². The molecule has 0 amide bonds. The Bertz CT molecular complexity index is 1470. The molecule has 0 spiro atoms. The fourth-order valence-electron chi connectivity index (χ4n) is 6.25. The smallest absolute Gasteiger partial charge is 0.337 e. The maximum absolute atomic E-state index is 14.2. The quantitative estimate of drug-likeness (QED) is 0.353. The normalized spacial score (nSPS) is 22.9. The first-order valence-corrected chi connectivity index (χ1v) is 16.0. The Labute approximate surface area is 259 Å². The maximum Gasteiger partial charge on any atom is 0.337 e. The van der Waals surface area contributed by atoms with E-state index in [1.165, 1.54) is 12.1 Å². The summed E-state index contributed by atoms with van der Waals surface area (Å²) in [6, 6.07) is 6.75. The number of hydrogen-bond acceptors (Lipinski definition) is 7. The first-order chi connectivity index (χ1) is 20.8. The van der Waals surface area contributed by atoms with Gasteiger partial charge in [0.25, 0.3) is 0 Å². The highest BCUT2D eigenvalue weighted by molar-refractivity contribution is 5.78. The number of aromatic nitrogens is 3. The summed E-state index contributed by atoms with van der Waals surface area (Å²) in [6.07, 6.45) is 5.26. The van der Waals surface area contributed by atoms with E-state index in [0.717, 1.165) is 55.6 Å². The van der Waals surface area contributed by atoms with E-state index in [0.29, 0.717) is 55.2 Å². The predicted molar refractivity (Wildman–Crippen MR) is 167 cm³/mol. The molecule has 3 aliphatic rings. The summed E-state index contributed by atoms with van der Waals surface area (Å²) in [5.74, 6) is -0.0537. The second kappa shape index (κ2) is 13.0. The number of aryl methyl sites for hydroxylation is 3. The number of anilines is 1. The third kappa shape index (κ3) is 7.51. The summed E-state index contributed by atoms with van der Waals surface area (Å²) >= 11 is 0. The van der Waals surface area contributed by atoms with Crippen LogP contribution in [0.1, 0.15) is 102 Å². The fourth-order valence-corrected chi connectivity index (χ4v) is 6.25. The molecular formula is C34H47FN4O5. The molecule has 9 nitrogen and oxygen atoms in total. The lowest BCUT2D eigenvalue weighted by Gasteiger charge is -2.41. The first kappa shape index (κ1) is 32.2. The number of hydrogen-bond donors (Lipinski definition) is 1. The van der Waals surface area contributed by atoms with Crippen molar-refractivity contribution in [2.24, 2.45) is 0 Å². The summed E-state index contributed by atoms with van der Waals surface area (Å²) in [7, 11) is 0. The van der Waals surface area contributed by atoms with Gasteiger partial charge in [0, 0.05) is 37.5 Å². The van der Waals surface area contributed by atoms with Gasteiger partial charge in [0.15, 0.2) is 11.8 Å². The number of ether oxygens (including phenoxy) is 3. The van der Waals surface area contributed by atoms with Gasteiger partial charge in [-0.2, -0.15) is 9.61 Å². The lowest BCUT2D eigenvalue weighted by molar-refractivity contribution is -0.160. The monoisotopic (exact) mass is 610 g/mol. The number of carbonyl (C=O) groups is 1. The minimum Gasteiger partial charge on any atom is -0.490 e. The summed E-state index contributed by atoms with van der Waals surface area (Å²) in [5.41, 5.74) is 2.68. The zero-order chi connectivity index (χ0) is 31.6. The van der Waals surface area contributed by atoms with Crippen LogP contribution in [0.25, 0.3) is 5.65 Å². The van der Waals surface area contributed by atoms with Crippen molar-refractivity contribution in [1.29, 1.82) is 0 Å². The first-order valence-electron chi connectivity index (χ1n) is 16.0. The van der Waals surface area contributed by atoms with Crippen LogP contribution < -0.4 is 9.64 Å². The number of aliphatic carboxylic acids is 1. The molecule has 5 heterocycles. The van der Waals surface area contributed by atoms with Crippen molar-refractivity contribution in [3.63, 3.8) is 0 Å². The molecule has 2 unspecified atom stereocenters. The molecule has 0 saturated carbocycles. The highest BCUT2D eigenvalue weighted by Gasteiger charge is 2.37. The molecule has 1 aromatic carbocycles. The molecule has 3 aromatic rings. The van der Waals surface area contributed by atoms with Gasteiger partial charge >= 0.3 is 5.97 Å². The second-order valence-corrected chi connectivity index (χ2v) is 13.6. The summed E-state index contributed by atoms with van der Waals surface area (Å²) in [4.78, 5) is 19.7. The Morgan fingerprint density at radius 3 is 2.61 bits per heavy atom. The molecule has 4 bridgehead atoms. The molecule has 0 radical (unpaired) electrons. The molecule has 1 N–H and O–H groups in total. The van der Waals surface area contributed by atoms with Crippen molar-refractivity contribution < 1.29 is 28.5 Å². The molecule has 6 rings (SSSR count). The third-order valence-corrected chi connectivity index (χ3v) is 8.63. The molecule has 1 fully saturated rings. The minimum absolute atomic E-state index is 0.0303. The molecule has 44 heavy (non-hydrogen) atoms. The van der Waals surface area contributed by atoms with Gasteiger partial charge in [-0.05, 0) is 105 Å². The van der Waals surface area contributed by atoms with Gasteiger partial charge < -0.3 is 24.2 Å². The second-order valence-electron chi connectivity index (χ2n) is 13.6. The fraction of sp³-hybridized carbons (Fsp3) is 0.618. The van der Waals surface area contributed by atoms with Crippen molar-refractivity contribution in [2.45, 2.75) is 116 Å². The predicted octanol–water partition coefficient (Wildman–Crippen LogP) is 6.62. The Balaban J connectivity index is 1.55. The Hall–Kier alpha value is -3.24. The molecule has 0 aliphatic carbocycles. The summed E-state index contributed by atoms with van der Waals surface area (Å²) in [5, 5.41) is 15.3. The molecule has 1 saturated heterocycles. The average molecular weight is 611 g/mol. The van der Waals surface area contributed by atoms with E-state index in [4.69, 9.17) is 24.3 Å². The van der Waals surface area contributed by atoms with Crippen molar-refractivity contribution >= 4 is 17.4 Å². The SMILES string of the molecule is Cc1nc2cc3nn2c(c1C(OC(C)(C)C)C(=O)O)N1CCC(C)(CC1)OCCCCC(C)Oc1cc(F)ccc1CCC3. The lowest BCUT2D eigenvalue weighted by atomic mass is 9.92. The summed E-state index contributed by atoms with van der Waals surface area (Å²) < 4.78 is 34.8. The molecular weight excluding hydrogens is 563 g/mol. The molecule has 3 aliphatic heterocycles. The van der Waals surface area contributed by atoms with Crippen LogP contribution >= 0.6 is 0 Å². The van der Waals surface area contributed by atoms with Gasteiger partial charge in [0.2, 0.25) is 0 Å². The number of benzene rings is 1. The van der Waals surface area contributed by atoms with Gasteiger partial charge in [0.1, 0.15) is 17.4 Å². The van der Waals surface area contributed by atoms with Gasteiger partial charge in [-0.15, -0.1) is 0 Å². The standard InChI is InChI=1S/C34H47FN4O5/c1-22-10-7-8-19-42-34(6)15-17-38(18-16-34)31-29(30(32(40)41)44-33(3,4)5)23(2)36-28-21-26(37-39(28)31)12-9-11-24-13-14-25(35)20-27(24)43-22/h13-14,20-22,30H,7-12,15-19H2,1-6H3,(H,40,41). The van der Waals surface area contributed by atoms with E-state index in [2.05, 4.69) is 11.8 Å². The highest BCUT2D eigenvalue weighted by atomic mass is 19.1. The maximum atomic E-state index is 14.2. The van der Waals surface area contributed by atoms with Crippen LogP contribution in [-0.4, -0.2) is 62.7 Å². The lowest BCUT2D eigenvalue weighted by Crippen LogP contribution is -2.46. The van der Waals surface area contributed by atoms with E-state index in [1.54, 1.807) is 4.52 Å². The van der Waals surface area contributed by atoms with Gasteiger partial charge in [0.05, 0.1) is 28.6 Å². The van der Waals surface area contributed by atoms with Crippen molar-refractivity contribution in [2.75, 3.05) is 24.6 Å². The van der Waals surface area contributed by atoms with Crippen LogP contribution in [0.2, 0.25) is 0 Å². The van der Waals surface area contributed by atoms with Crippen LogP contribution in [0, 0.1) is 12.7 Å². The Morgan fingerprint density at radius 1 is 1.16 bits per heavy atom. The van der Waals surface area contributed by atoms with Crippen LogP contribution in [0.15, 0.2) is 24.3 Å². The zero-order valence-electron chi connectivity index (χ0n) is 27.0. The van der Waals surface area contributed by atoms with Crippen molar-refractivity contribution in [1.82, 2.24) is 14.6 Å². The number of carboxylic acids is 1. The van der Waals surface area contributed by atoms with Crippen LogP contribution in [-0.2, 0) is 27.1 Å². The van der Waals surface area contributed by atoms with E-state index in [-0.39, 0.29) is 17.5 Å². The summed E-state index contributed by atoms with van der Waals surface area (Å²) in [6.45, 7) is 13.7. The van der Waals surface area contributed by atoms with Crippen LogP contribution in [0.5, 0.6) is 5.75 Å². The molecule has 2 atom stereocenters. The van der Waals surface area contributed by atoms with Gasteiger partial charge in [-0.3, -0.25) is 0 Å². The van der Waals surface area contributed by atoms with Crippen molar-refractivity contribution in [3.05, 3.63) is 52.6 Å². The van der Waals surface area contributed by atoms with E-state index < -0.39 is 17.7 Å². The molecule has 10 heteroatoms. The Morgan fingerprint density at radius 2 is 1.91 bits per heavy atom. The minimum atomic E-state index is -1.20. The van der Waals surface area contributed by atoms with E-state index >= 15 is 0 Å². The number of rotatable bonds is 3.